The van der Waals surface area contributed by atoms with Crippen molar-refractivity contribution < 1.29 is 28.3 Å². The Kier molecular flexibility index (Phi) is 6.44. The molecule has 0 spiro atoms. The van der Waals surface area contributed by atoms with Crippen molar-refractivity contribution in [1.82, 2.24) is 15.5 Å². The van der Waals surface area contributed by atoms with Crippen LogP contribution in [0, 0.1) is 5.82 Å². The first-order chi connectivity index (χ1) is 12.0. The van der Waals surface area contributed by atoms with E-state index >= 15 is 0 Å². The maximum Gasteiger partial charge on any atom is 0.324 e. The summed E-state index contributed by atoms with van der Waals surface area (Å²) in [5.74, 6) is -1.94. The SMILES string of the molecule is O=C(COC(=O)CCCN1C(=O)CNC1=O)NCc1ccccc1F. The summed E-state index contributed by atoms with van der Waals surface area (Å²) in [6.07, 6.45) is 0.215. The van der Waals surface area contributed by atoms with Crippen LogP contribution in [0.1, 0.15) is 18.4 Å². The summed E-state index contributed by atoms with van der Waals surface area (Å²) in [6.45, 7) is -0.406. The van der Waals surface area contributed by atoms with Gasteiger partial charge >= 0.3 is 12.0 Å². The molecule has 0 unspecified atom stereocenters. The first kappa shape index (κ1) is 18.4. The minimum absolute atomic E-state index is 0.00472. The lowest BCUT2D eigenvalue weighted by Crippen LogP contribution is -2.32. The number of halogens is 1. The maximum absolute atomic E-state index is 13.4. The summed E-state index contributed by atoms with van der Waals surface area (Å²) in [5, 5.41) is 4.82. The highest BCUT2D eigenvalue weighted by Crippen LogP contribution is 2.05. The van der Waals surface area contributed by atoms with E-state index in [4.69, 9.17) is 4.74 Å². The van der Waals surface area contributed by atoms with Gasteiger partial charge in [-0.05, 0) is 12.5 Å². The minimum atomic E-state index is -0.618. The Hall–Kier alpha value is -2.97. The Morgan fingerprint density at radius 3 is 2.72 bits per heavy atom. The van der Waals surface area contributed by atoms with Gasteiger partial charge in [-0.2, -0.15) is 0 Å². The molecule has 1 saturated heterocycles. The quantitative estimate of drug-likeness (QED) is 0.518. The van der Waals surface area contributed by atoms with Crippen LogP contribution < -0.4 is 10.6 Å². The molecule has 4 amide bonds. The maximum atomic E-state index is 13.4. The molecule has 1 fully saturated rings. The van der Waals surface area contributed by atoms with E-state index in [2.05, 4.69) is 10.6 Å². The van der Waals surface area contributed by atoms with E-state index < -0.39 is 30.3 Å². The number of rotatable bonds is 8. The second-order valence-corrected chi connectivity index (χ2v) is 5.34. The zero-order valence-electron chi connectivity index (χ0n) is 13.4. The van der Waals surface area contributed by atoms with Gasteiger partial charge in [-0.25, -0.2) is 9.18 Å². The van der Waals surface area contributed by atoms with Crippen molar-refractivity contribution in [3.05, 3.63) is 35.6 Å². The smallest absolute Gasteiger partial charge is 0.324 e. The van der Waals surface area contributed by atoms with Crippen LogP contribution in [0.2, 0.25) is 0 Å². The molecule has 25 heavy (non-hydrogen) atoms. The number of nitrogens with one attached hydrogen (secondary N) is 2. The monoisotopic (exact) mass is 351 g/mol. The number of hydrogen-bond acceptors (Lipinski definition) is 5. The van der Waals surface area contributed by atoms with Crippen molar-refractivity contribution in [2.24, 2.45) is 0 Å². The molecular weight excluding hydrogens is 333 g/mol. The largest absolute Gasteiger partial charge is 0.456 e. The number of hydrogen-bond donors (Lipinski definition) is 2. The fourth-order valence-corrected chi connectivity index (χ4v) is 2.17. The van der Waals surface area contributed by atoms with Gasteiger partial charge in [0.2, 0.25) is 5.91 Å². The molecule has 0 radical (unpaired) electrons. The Balaban J connectivity index is 1.61. The van der Waals surface area contributed by atoms with Crippen LogP contribution in [-0.2, 0) is 25.7 Å². The number of benzene rings is 1. The van der Waals surface area contributed by atoms with Crippen molar-refractivity contribution in [1.29, 1.82) is 0 Å². The molecule has 1 aliphatic heterocycles. The summed E-state index contributed by atoms with van der Waals surface area (Å²) in [6, 6.07) is 5.54. The molecular formula is C16H18FN3O5. The fraction of sp³-hybridized carbons (Fsp3) is 0.375. The van der Waals surface area contributed by atoms with Gasteiger partial charge in [0.25, 0.3) is 5.91 Å². The van der Waals surface area contributed by atoms with Crippen molar-refractivity contribution in [3.8, 4) is 0 Å². The third kappa shape index (κ3) is 5.55. The lowest BCUT2D eigenvalue weighted by Gasteiger charge is -2.11. The Morgan fingerprint density at radius 2 is 2.04 bits per heavy atom. The molecule has 1 aliphatic rings. The van der Waals surface area contributed by atoms with Gasteiger partial charge < -0.3 is 15.4 Å². The van der Waals surface area contributed by atoms with Crippen LogP contribution in [0.5, 0.6) is 0 Å². The van der Waals surface area contributed by atoms with Crippen LogP contribution in [0.4, 0.5) is 9.18 Å². The summed E-state index contributed by atoms with van der Waals surface area (Å²) < 4.78 is 18.2. The molecule has 2 N–H and O–H groups in total. The van der Waals surface area contributed by atoms with Gasteiger partial charge in [-0.15, -0.1) is 0 Å². The first-order valence-corrected chi connectivity index (χ1v) is 7.71. The number of amides is 4. The van der Waals surface area contributed by atoms with Gasteiger partial charge in [0.1, 0.15) is 5.82 Å². The number of carbonyl (C=O) groups excluding carboxylic acids is 4. The second kappa shape index (κ2) is 8.76. The van der Waals surface area contributed by atoms with E-state index in [1.54, 1.807) is 12.1 Å². The average Bonchev–Trinajstić information content (AvgIpc) is 2.91. The summed E-state index contributed by atoms with van der Waals surface area (Å²) in [7, 11) is 0. The van der Waals surface area contributed by atoms with Crippen LogP contribution in [-0.4, -0.2) is 48.4 Å². The van der Waals surface area contributed by atoms with Crippen LogP contribution >= 0.6 is 0 Å². The third-order valence-electron chi connectivity index (χ3n) is 3.50. The van der Waals surface area contributed by atoms with Gasteiger partial charge in [0.05, 0.1) is 6.54 Å². The molecule has 8 nitrogen and oxygen atoms in total. The van der Waals surface area contributed by atoms with Crippen LogP contribution in [0.15, 0.2) is 24.3 Å². The van der Waals surface area contributed by atoms with E-state index in [1.165, 1.54) is 12.1 Å². The number of ether oxygens (including phenoxy) is 1. The van der Waals surface area contributed by atoms with Gasteiger partial charge in [-0.3, -0.25) is 19.3 Å². The van der Waals surface area contributed by atoms with Gasteiger partial charge in [-0.1, -0.05) is 18.2 Å². The predicted octanol–water partition coefficient (Wildman–Crippen LogP) is 0.317. The second-order valence-electron chi connectivity index (χ2n) is 5.34. The topological polar surface area (TPSA) is 105 Å². The van der Waals surface area contributed by atoms with E-state index in [0.29, 0.717) is 5.56 Å². The number of esters is 1. The first-order valence-electron chi connectivity index (χ1n) is 7.71. The number of imide groups is 1. The number of nitrogens with zero attached hydrogens (tertiary/aromatic N) is 1. The zero-order valence-corrected chi connectivity index (χ0v) is 13.4. The van der Waals surface area contributed by atoms with Crippen LogP contribution in [0.3, 0.4) is 0 Å². The lowest BCUT2D eigenvalue weighted by molar-refractivity contribution is -0.148. The molecule has 0 aliphatic carbocycles. The molecule has 134 valence electrons. The van der Waals surface area contributed by atoms with E-state index in [-0.39, 0.29) is 38.4 Å². The normalized spacial score (nSPS) is 13.6. The average molecular weight is 351 g/mol. The van der Waals surface area contributed by atoms with Crippen molar-refractivity contribution in [3.63, 3.8) is 0 Å². The molecule has 0 saturated carbocycles. The zero-order chi connectivity index (χ0) is 18.2. The Labute approximate surface area is 143 Å². The summed E-state index contributed by atoms with van der Waals surface area (Å²) in [4.78, 5) is 46.8. The molecule has 1 aromatic carbocycles. The molecule has 0 aromatic heterocycles. The van der Waals surface area contributed by atoms with Crippen LogP contribution in [0.25, 0.3) is 0 Å². The standard InChI is InChI=1S/C16H18FN3O5/c17-12-5-2-1-4-11(12)8-18-13(21)10-25-15(23)6-3-7-20-14(22)9-19-16(20)24/h1-2,4-5H,3,6-10H2,(H,18,21)(H,19,24). The van der Waals surface area contributed by atoms with E-state index in [9.17, 15) is 23.6 Å². The minimum Gasteiger partial charge on any atom is -0.456 e. The third-order valence-corrected chi connectivity index (χ3v) is 3.50. The Bertz CT molecular complexity index is 663. The highest BCUT2D eigenvalue weighted by molar-refractivity contribution is 6.01. The number of carbonyl (C=O) groups is 4. The highest BCUT2D eigenvalue weighted by atomic mass is 19.1. The predicted molar refractivity (Wildman–Crippen MR) is 83.6 cm³/mol. The van der Waals surface area contributed by atoms with Crippen molar-refractivity contribution in [2.75, 3.05) is 19.7 Å². The molecule has 2 rings (SSSR count). The van der Waals surface area contributed by atoms with Gasteiger partial charge in [0.15, 0.2) is 6.61 Å². The molecule has 0 bridgehead atoms. The van der Waals surface area contributed by atoms with E-state index in [0.717, 1.165) is 4.90 Å². The molecule has 0 atom stereocenters. The molecule has 1 aromatic rings. The Morgan fingerprint density at radius 1 is 1.28 bits per heavy atom. The molecule has 9 heteroatoms. The van der Waals surface area contributed by atoms with Crippen molar-refractivity contribution >= 4 is 23.8 Å². The summed E-state index contributed by atoms with van der Waals surface area (Å²) in [5.41, 5.74) is 0.329. The number of urea groups is 1. The van der Waals surface area contributed by atoms with Crippen molar-refractivity contribution in [2.45, 2.75) is 19.4 Å². The lowest BCUT2D eigenvalue weighted by atomic mass is 10.2. The highest BCUT2D eigenvalue weighted by Gasteiger charge is 2.27. The fourth-order valence-electron chi connectivity index (χ4n) is 2.17. The van der Waals surface area contributed by atoms with E-state index in [1.807, 2.05) is 0 Å². The summed E-state index contributed by atoms with van der Waals surface area (Å²) >= 11 is 0. The molecule has 1 heterocycles. The van der Waals surface area contributed by atoms with Gasteiger partial charge in [0, 0.05) is 25.1 Å².